The third kappa shape index (κ3) is 3.70. The molecule has 72 valence electrons. The third-order valence-corrected chi connectivity index (χ3v) is 2.83. The van der Waals surface area contributed by atoms with Crippen LogP contribution in [0.3, 0.4) is 0 Å². The second kappa shape index (κ2) is 5.14. The summed E-state index contributed by atoms with van der Waals surface area (Å²) < 4.78 is 0. The van der Waals surface area contributed by atoms with E-state index in [1.807, 2.05) is 13.0 Å². The Kier molecular flexibility index (Phi) is 4.12. The average Bonchev–Trinajstić information content (AvgIpc) is 2.48. The lowest BCUT2D eigenvalue weighted by Crippen LogP contribution is -2.22. The number of nitrogens with zero attached hydrogens (tertiary/aromatic N) is 1. The number of rotatable bonds is 5. The van der Waals surface area contributed by atoms with Gasteiger partial charge in [-0.1, -0.05) is 6.08 Å². The van der Waals surface area contributed by atoms with Crippen LogP contribution in [-0.4, -0.2) is 11.0 Å². The standard InChI is InChI=1S/C10H16N2S/c1-3-4-5-9(11)6-10-12-8(2)7-13-10/h3,7,9H,1,4-6,11H2,2H3. The van der Waals surface area contributed by atoms with Crippen molar-refractivity contribution in [3.8, 4) is 0 Å². The first kappa shape index (κ1) is 10.4. The van der Waals surface area contributed by atoms with Gasteiger partial charge >= 0.3 is 0 Å². The molecule has 0 spiro atoms. The molecule has 0 aliphatic heterocycles. The van der Waals surface area contributed by atoms with Gasteiger partial charge in [0, 0.05) is 23.5 Å². The SMILES string of the molecule is C=CCCC(N)Cc1nc(C)cs1. The van der Waals surface area contributed by atoms with Crippen LogP contribution in [0.5, 0.6) is 0 Å². The van der Waals surface area contributed by atoms with Crippen LogP contribution in [-0.2, 0) is 6.42 Å². The van der Waals surface area contributed by atoms with Gasteiger partial charge in [0.1, 0.15) is 0 Å². The molecule has 1 unspecified atom stereocenters. The van der Waals surface area contributed by atoms with Gasteiger partial charge in [0.15, 0.2) is 0 Å². The topological polar surface area (TPSA) is 38.9 Å². The predicted molar refractivity (Wildman–Crippen MR) is 58.0 cm³/mol. The van der Waals surface area contributed by atoms with Crippen molar-refractivity contribution in [1.29, 1.82) is 0 Å². The number of allylic oxidation sites excluding steroid dienone is 1. The average molecular weight is 196 g/mol. The van der Waals surface area contributed by atoms with Crippen LogP contribution in [0.15, 0.2) is 18.0 Å². The van der Waals surface area contributed by atoms with Crippen molar-refractivity contribution in [3.63, 3.8) is 0 Å². The van der Waals surface area contributed by atoms with Gasteiger partial charge in [-0.25, -0.2) is 4.98 Å². The lowest BCUT2D eigenvalue weighted by Gasteiger charge is -2.06. The van der Waals surface area contributed by atoms with Crippen molar-refractivity contribution in [3.05, 3.63) is 28.7 Å². The van der Waals surface area contributed by atoms with Crippen molar-refractivity contribution in [1.82, 2.24) is 4.98 Å². The van der Waals surface area contributed by atoms with E-state index in [0.717, 1.165) is 30.0 Å². The second-order valence-electron chi connectivity index (χ2n) is 3.21. The molecule has 1 rings (SSSR count). The Morgan fingerprint density at radius 3 is 3.08 bits per heavy atom. The highest BCUT2D eigenvalue weighted by Gasteiger charge is 2.05. The monoisotopic (exact) mass is 196 g/mol. The molecule has 0 saturated heterocycles. The van der Waals surface area contributed by atoms with Crippen LogP contribution in [0.1, 0.15) is 23.5 Å². The first-order valence-electron chi connectivity index (χ1n) is 4.50. The van der Waals surface area contributed by atoms with E-state index in [2.05, 4.69) is 16.9 Å². The van der Waals surface area contributed by atoms with Gasteiger partial charge < -0.3 is 5.73 Å². The van der Waals surface area contributed by atoms with Crippen LogP contribution in [0.2, 0.25) is 0 Å². The fraction of sp³-hybridized carbons (Fsp3) is 0.500. The van der Waals surface area contributed by atoms with Gasteiger partial charge in [-0.2, -0.15) is 0 Å². The number of hydrogen-bond acceptors (Lipinski definition) is 3. The van der Waals surface area contributed by atoms with E-state index in [1.165, 1.54) is 0 Å². The maximum atomic E-state index is 5.92. The van der Waals surface area contributed by atoms with E-state index in [-0.39, 0.29) is 6.04 Å². The van der Waals surface area contributed by atoms with Gasteiger partial charge in [0.25, 0.3) is 0 Å². The van der Waals surface area contributed by atoms with Crippen molar-refractivity contribution in [2.24, 2.45) is 5.73 Å². The van der Waals surface area contributed by atoms with E-state index >= 15 is 0 Å². The number of aryl methyl sites for hydroxylation is 1. The molecule has 1 aromatic heterocycles. The highest BCUT2D eigenvalue weighted by Crippen LogP contribution is 2.12. The zero-order valence-electron chi connectivity index (χ0n) is 7.99. The minimum Gasteiger partial charge on any atom is -0.327 e. The quantitative estimate of drug-likeness (QED) is 0.734. The maximum Gasteiger partial charge on any atom is 0.0943 e. The second-order valence-corrected chi connectivity index (χ2v) is 4.16. The number of aromatic nitrogens is 1. The van der Waals surface area contributed by atoms with Crippen molar-refractivity contribution >= 4 is 11.3 Å². The minimum absolute atomic E-state index is 0.226. The third-order valence-electron chi connectivity index (χ3n) is 1.84. The highest BCUT2D eigenvalue weighted by atomic mass is 32.1. The largest absolute Gasteiger partial charge is 0.327 e. The Morgan fingerprint density at radius 1 is 1.77 bits per heavy atom. The molecule has 2 nitrogen and oxygen atoms in total. The Bertz CT molecular complexity index is 268. The molecule has 0 aliphatic carbocycles. The summed E-state index contributed by atoms with van der Waals surface area (Å²) >= 11 is 1.69. The molecule has 3 heteroatoms. The summed E-state index contributed by atoms with van der Waals surface area (Å²) in [6.07, 6.45) is 4.80. The Hall–Kier alpha value is -0.670. The Labute approximate surface area is 83.5 Å². The zero-order valence-corrected chi connectivity index (χ0v) is 8.81. The fourth-order valence-electron chi connectivity index (χ4n) is 1.15. The number of thiazole rings is 1. The van der Waals surface area contributed by atoms with E-state index in [4.69, 9.17) is 5.73 Å². The molecule has 0 aliphatic rings. The fourth-order valence-corrected chi connectivity index (χ4v) is 2.02. The molecule has 0 aromatic carbocycles. The molecule has 1 aromatic rings. The van der Waals surface area contributed by atoms with E-state index in [9.17, 15) is 0 Å². The van der Waals surface area contributed by atoms with Crippen molar-refractivity contribution < 1.29 is 0 Å². The smallest absolute Gasteiger partial charge is 0.0943 e. The summed E-state index contributed by atoms with van der Waals surface area (Å²) in [4.78, 5) is 4.37. The first-order valence-corrected chi connectivity index (χ1v) is 5.38. The molecule has 13 heavy (non-hydrogen) atoms. The summed E-state index contributed by atoms with van der Waals surface area (Å²) in [6, 6.07) is 0.226. The van der Waals surface area contributed by atoms with Crippen LogP contribution >= 0.6 is 11.3 Å². The van der Waals surface area contributed by atoms with Gasteiger partial charge in [-0.15, -0.1) is 17.9 Å². The summed E-state index contributed by atoms with van der Waals surface area (Å²) in [5, 5.41) is 3.21. The van der Waals surface area contributed by atoms with Crippen LogP contribution in [0.4, 0.5) is 0 Å². The summed E-state index contributed by atoms with van der Waals surface area (Å²) in [5.41, 5.74) is 7.01. The first-order chi connectivity index (χ1) is 6.22. The molecule has 0 bridgehead atoms. The summed E-state index contributed by atoms with van der Waals surface area (Å²) in [6.45, 7) is 5.68. The molecular formula is C10H16N2S. The van der Waals surface area contributed by atoms with Crippen molar-refractivity contribution in [2.75, 3.05) is 0 Å². The lowest BCUT2D eigenvalue weighted by atomic mass is 10.1. The maximum absolute atomic E-state index is 5.92. The van der Waals surface area contributed by atoms with E-state index in [1.54, 1.807) is 11.3 Å². The summed E-state index contributed by atoms with van der Waals surface area (Å²) in [7, 11) is 0. The number of nitrogens with two attached hydrogens (primary N) is 1. The molecule has 2 N–H and O–H groups in total. The Morgan fingerprint density at radius 2 is 2.54 bits per heavy atom. The number of hydrogen-bond donors (Lipinski definition) is 1. The predicted octanol–water partition coefficient (Wildman–Crippen LogP) is 2.29. The normalized spacial score (nSPS) is 12.8. The van der Waals surface area contributed by atoms with Crippen LogP contribution in [0.25, 0.3) is 0 Å². The minimum atomic E-state index is 0.226. The molecule has 1 atom stereocenters. The molecule has 0 radical (unpaired) electrons. The van der Waals surface area contributed by atoms with Crippen LogP contribution in [0, 0.1) is 6.92 Å². The van der Waals surface area contributed by atoms with Gasteiger partial charge in [-0.3, -0.25) is 0 Å². The van der Waals surface area contributed by atoms with E-state index in [0.29, 0.717) is 0 Å². The Balaban J connectivity index is 2.35. The molecule has 0 saturated carbocycles. The van der Waals surface area contributed by atoms with Gasteiger partial charge in [0.05, 0.1) is 5.01 Å². The molecule has 0 amide bonds. The highest BCUT2D eigenvalue weighted by molar-refractivity contribution is 7.09. The van der Waals surface area contributed by atoms with Crippen molar-refractivity contribution in [2.45, 2.75) is 32.2 Å². The molecular weight excluding hydrogens is 180 g/mol. The molecule has 1 heterocycles. The zero-order chi connectivity index (χ0) is 9.68. The molecule has 0 fully saturated rings. The van der Waals surface area contributed by atoms with Gasteiger partial charge in [-0.05, 0) is 19.8 Å². The van der Waals surface area contributed by atoms with Crippen LogP contribution < -0.4 is 5.73 Å². The van der Waals surface area contributed by atoms with E-state index < -0.39 is 0 Å². The summed E-state index contributed by atoms with van der Waals surface area (Å²) in [5.74, 6) is 0. The lowest BCUT2D eigenvalue weighted by molar-refractivity contribution is 0.616. The van der Waals surface area contributed by atoms with Gasteiger partial charge in [0.2, 0.25) is 0 Å².